The minimum absolute atomic E-state index is 0.0488. The molecule has 37 heavy (non-hydrogen) atoms. The van der Waals surface area contributed by atoms with Crippen LogP contribution in [0.25, 0.3) is 0 Å². The number of likely N-dealkylation sites (N-methyl/N-ethyl adjacent to an activating group) is 1. The maximum atomic E-state index is 13.8. The van der Waals surface area contributed by atoms with E-state index in [-0.39, 0.29) is 35.4 Å². The molecule has 1 saturated carbocycles. The fraction of sp³-hybridized carbons (Fsp3) is 0.500. The first-order valence-corrected chi connectivity index (χ1v) is 13.3. The molecule has 1 aromatic carbocycles. The molecule has 0 aromatic heterocycles. The Morgan fingerprint density at radius 1 is 1.08 bits per heavy atom. The second-order valence-electron chi connectivity index (χ2n) is 9.58. The molecule has 196 valence electrons. The number of methoxy groups -OCH3 is 3. The monoisotopic (exact) mass is 621 g/mol. The van der Waals surface area contributed by atoms with Crippen molar-refractivity contribution in [3.8, 4) is 0 Å². The zero-order valence-corrected chi connectivity index (χ0v) is 23.2. The molecular formula is C26H28IN3O7. The van der Waals surface area contributed by atoms with Gasteiger partial charge in [-0.05, 0) is 72.5 Å². The first kappa shape index (κ1) is 25.7. The number of hydrogen-bond donors (Lipinski definition) is 0. The number of hydrogen-bond acceptors (Lipinski definition) is 9. The van der Waals surface area contributed by atoms with Crippen molar-refractivity contribution in [1.29, 1.82) is 0 Å². The molecule has 0 bridgehead atoms. The molecule has 1 aliphatic carbocycles. The topological polar surface area (TPSA) is 115 Å². The summed E-state index contributed by atoms with van der Waals surface area (Å²) in [7, 11) is 3.74. The SMILES string of the molecule is CCN1c2ccc(I)cc2[C@]23C[C@@H](C(=O)OC)N(C(=O)C4CCC4)C2=NC(C(=O)OC)=C(C(=O)OC)C13. The molecule has 11 heteroatoms. The van der Waals surface area contributed by atoms with Crippen molar-refractivity contribution in [2.45, 2.75) is 50.1 Å². The highest BCUT2D eigenvalue weighted by molar-refractivity contribution is 14.1. The number of rotatable bonds is 5. The van der Waals surface area contributed by atoms with Gasteiger partial charge in [-0.1, -0.05) is 6.42 Å². The van der Waals surface area contributed by atoms with E-state index >= 15 is 0 Å². The van der Waals surface area contributed by atoms with Gasteiger partial charge in [-0.3, -0.25) is 9.69 Å². The second kappa shape index (κ2) is 9.41. The summed E-state index contributed by atoms with van der Waals surface area (Å²) in [6.07, 6.45) is 2.52. The van der Waals surface area contributed by atoms with Gasteiger partial charge >= 0.3 is 17.9 Å². The standard InChI is InChI=1S/C26H28IN3O7/c1-5-29-16-10-9-14(27)11-15(16)26-12-17(22(32)35-2)30(21(31)13-7-6-8-13)25(26)28-19(24(34)37-4)18(20(26)29)23(33)36-3/h9-11,13,17,20H,5-8,12H2,1-4H3/t17-,20?,26-/m0/s1. The molecule has 1 spiro atoms. The number of amides is 1. The Balaban J connectivity index is 1.86. The van der Waals surface area contributed by atoms with Crippen LogP contribution >= 0.6 is 22.6 Å². The van der Waals surface area contributed by atoms with Crippen molar-refractivity contribution >= 4 is 57.9 Å². The zero-order chi connectivity index (χ0) is 26.6. The number of aliphatic imine (C=N–C) groups is 1. The van der Waals surface area contributed by atoms with Gasteiger partial charge in [0.1, 0.15) is 11.9 Å². The number of carbonyl (C=O) groups excluding carboxylic acids is 4. The molecular weight excluding hydrogens is 593 g/mol. The summed E-state index contributed by atoms with van der Waals surface area (Å²) in [6.45, 7) is 2.44. The Morgan fingerprint density at radius 3 is 2.35 bits per heavy atom. The summed E-state index contributed by atoms with van der Waals surface area (Å²) in [5, 5.41) is 0. The second-order valence-corrected chi connectivity index (χ2v) is 10.8. The van der Waals surface area contributed by atoms with E-state index in [2.05, 4.69) is 22.6 Å². The molecule has 3 aliphatic heterocycles. The predicted molar refractivity (Wildman–Crippen MR) is 141 cm³/mol. The number of fused-ring (bicyclic) bond motifs is 1. The molecule has 1 unspecified atom stereocenters. The molecule has 3 atom stereocenters. The highest BCUT2D eigenvalue weighted by Gasteiger charge is 2.68. The zero-order valence-electron chi connectivity index (χ0n) is 21.1. The Labute approximate surface area is 228 Å². The minimum atomic E-state index is -1.06. The van der Waals surface area contributed by atoms with E-state index in [9.17, 15) is 19.2 Å². The third-order valence-corrected chi connectivity index (χ3v) is 8.69. The molecule has 0 N–H and O–H groups in total. The van der Waals surface area contributed by atoms with E-state index in [0.29, 0.717) is 6.54 Å². The van der Waals surface area contributed by atoms with Gasteiger partial charge in [0.05, 0.1) is 38.4 Å². The largest absolute Gasteiger partial charge is 0.467 e. The van der Waals surface area contributed by atoms with Crippen molar-refractivity contribution in [2.75, 3.05) is 32.8 Å². The van der Waals surface area contributed by atoms with Gasteiger partial charge in [-0.2, -0.15) is 0 Å². The lowest BCUT2D eigenvalue weighted by molar-refractivity contribution is -0.151. The predicted octanol–water partition coefficient (Wildman–Crippen LogP) is 2.32. The fourth-order valence-corrected chi connectivity index (χ4v) is 6.68. The van der Waals surface area contributed by atoms with Crippen LogP contribution < -0.4 is 4.90 Å². The summed E-state index contributed by atoms with van der Waals surface area (Å²) in [6, 6.07) is 4.21. The van der Waals surface area contributed by atoms with E-state index < -0.39 is 35.4 Å². The summed E-state index contributed by atoms with van der Waals surface area (Å²) < 4.78 is 16.3. The van der Waals surface area contributed by atoms with Crippen molar-refractivity contribution in [3.63, 3.8) is 0 Å². The van der Waals surface area contributed by atoms with Crippen LogP contribution in [0.4, 0.5) is 5.69 Å². The number of anilines is 1. The van der Waals surface area contributed by atoms with Crippen LogP contribution in [-0.4, -0.2) is 74.5 Å². The molecule has 1 saturated heterocycles. The minimum Gasteiger partial charge on any atom is -0.467 e. The Bertz CT molecular complexity index is 1270. The molecule has 1 amide bonds. The summed E-state index contributed by atoms with van der Waals surface area (Å²) in [5.41, 5.74) is 0.449. The number of ether oxygens (including phenoxy) is 3. The number of carbonyl (C=O) groups is 4. The average molecular weight is 621 g/mol. The van der Waals surface area contributed by atoms with Gasteiger partial charge in [0, 0.05) is 21.7 Å². The normalized spacial score (nSPS) is 26.0. The summed E-state index contributed by atoms with van der Waals surface area (Å²) in [5.74, 6) is -2.29. The van der Waals surface area contributed by atoms with Gasteiger partial charge < -0.3 is 19.1 Å². The van der Waals surface area contributed by atoms with Gasteiger partial charge in [0.25, 0.3) is 0 Å². The lowest BCUT2D eigenvalue weighted by Gasteiger charge is -2.41. The lowest BCUT2D eigenvalue weighted by atomic mass is 9.69. The maximum absolute atomic E-state index is 13.8. The van der Waals surface area contributed by atoms with E-state index in [4.69, 9.17) is 19.2 Å². The van der Waals surface area contributed by atoms with Crippen LogP contribution in [0.1, 0.15) is 38.2 Å². The maximum Gasteiger partial charge on any atom is 0.357 e. The first-order valence-electron chi connectivity index (χ1n) is 12.2. The first-order chi connectivity index (χ1) is 17.7. The quantitative estimate of drug-likeness (QED) is 0.280. The molecule has 3 heterocycles. The summed E-state index contributed by atoms with van der Waals surface area (Å²) >= 11 is 2.22. The van der Waals surface area contributed by atoms with Crippen molar-refractivity contribution in [3.05, 3.63) is 38.6 Å². The van der Waals surface area contributed by atoms with Gasteiger partial charge in [0.2, 0.25) is 5.91 Å². The molecule has 10 nitrogen and oxygen atoms in total. The third kappa shape index (κ3) is 3.52. The van der Waals surface area contributed by atoms with Crippen molar-refractivity contribution in [1.82, 2.24) is 4.90 Å². The highest BCUT2D eigenvalue weighted by atomic mass is 127. The molecule has 1 aromatic rings. The van der Waals surface area contributed by atoms with E-state index in [1.54, 1.807) is 0 Å². The fourth-order valence-electron chi connectivity index (χ4n) is 6.19. The number of nitrogens with zero attached hydrogens (tertiary/aromatic N) is 3. The highest BCUT2D eigenvalue weighted by Crippen LogP contribution is 2.58. The van der Waals surface area contributed by atoms with Crippen molar-refractivity contribution in [2.24, 2.45) is 10.9 Å². The van der Waals surface area contributed by atoms with Crippen LogP contribution in [-0.2, 0) is 38.8 Å². The number of likely N-dealkylation sites (tertiary alicyclic amines) is 1. The number of amidine groups is 1. The average Bonchev–Trinajstić information content (AvgIpc) is 3.36. The number of benzene rings is 1. The lowest BCUT2D eigenvalue weighted by Crippen LogP contribution is -2.56. The Hall–Kier alpha value is -2.96. The molecule has 5 rings (SSSR count). The molecule has 0 radical (unpaired) electrons. The van der Waals surface area contributed by atoms with Gasteiger partial charge in [-0.15, -0.1) is 0 Å². The van der Waals surface area contributed by atoms with Crippen LogP contribution in [0, 0.1) is 9.49 Å². The van der Waals surface area contributed by atoms with Crippen LogP contribution in [0.3, 0.4) is 0 Å². The van der Waals surface area contributed by atoms with E-state index in [1.807, 2.05) is 30.0 Å². The third-order valence-electron chi connectivity index (χ3n) is 8.02. The van der Waals surface area contributed by atoms with E-state index in [0.717, 1.165) is 34.1 Å². The van der Waals surface area contributed by atoms with Crippen LogP contribution in [0.15, 0.2) is 34.5 Å². The molecule has 4 aliphatic rings. The van der Waals surface area contributed by atoms with Gasteiger partial charge in [-0.25, -0.2) is 19.4 Å². The van der Waals surface area contributed by atoms with Crippen LogP contribution in [0.2, 0.25) is 0 Å². The number of halogens is 1. The number of esters is 3. The Kier molecular flexibility index (Phi) is 6.53. The Morgan fingerprint density at radius 2 is 1.78 bits per heavy atom. The van der Waals surface area contributed by atoms with E-state index in [1.165, 1.54) is 26.2 Å². The van der Waals surface area contributed by atoms with Crippen molar-refractivity contribution < 1.29 is 33.4 Å². The molecule has 2 fully saturated rings. The van der Waals surface area contributed by atoms with Crippen LogP contribution in [0.5, 0.6) is 0 Å². The summed E-state index contributed by atoms with van der Waals surface area (Å²) in [4.78, 5) is 61.5. The smallest absolute Gasteiger partial charge is 0.357 e. The van der Waals surface area contributed by atoms with Gasteiger partial charge in [0.15, 0.2) is 5.70 Å².